The lowest BCUT2D eigenvalue weighted by Gasteiger charge is -2.24. The van der Waals surface area contributed by atoms with E-state index in [0.29, 0.717) is 35.8 Å². The van der Waals surface area contributed by atoms with Gasteiger partial charge in [-0.05, 0) is 67.3 Å². The van der Waals surface area contributed by atoms with Crippen LogP contribution >= 0.6 is 11.3 Å². The van der Waals surface area contributed by atoms with Crippen molar-refractivity contribution in [1.82, 2.24) is 5.32 Å². The number of amides is 1. The zero-order valence-corrected chi connectivity index (χ0v) is 19.5. The Balaban J connectivity index is 1.62. The Morgan fingerprint density at radius 2 is 1.88 bits per heavy atom. The Bertz CT molecular complexity index is 1320. The van der Waals surface area contributed by atoms with E-state index in [1.165, 1.54) is 15.6 Å². The number of anilines is 1. The number of nitrogens with one attached hydrogen (secondary N) is 1. The average Bonchev–Trinajstić information content (AvgIpc) is 3.45. The van der Waals surface area contributed by atoms with E-state index in [0.717, 1.165) is 15.6 Å². The topological polar surface area (TPSA) is 79.6 Å². The van der Waals surface area contributed by atoms with E-state index in [4.69, 9.17) is 4.42 Å². The first-order chi connectivity index (χ1) is 15.4. The number of carbonyl (C=O) groups is 1. The van der Waals surface area contributed by atoms with E-state index in [2.05, 4.69) is 5.32 Å². The minimum absolute atomic E-state index is 0.193. The molecule has 8 heteroatoms. The summed E-state index contributed by atoms with van der Waals surface area (Å²) in [5, 5.41) is 3.67. The SMILES string of the molecule is CCCN(c1ccc2sc(C(=O)NCc3ccco3)cc2c1)S(=O)(=O)c1ccc(C)cc1. The summed E-state index contributed by atoms with van der Waals surface area (Å²) >= 11 is 1.37. The first-order valence-electron chi connectivity index (χ1n) is 10.3. The summed E-state index contributed by atoms with van der Waals surface area (Å²) < 4.78 is 34.3. The number of aryl methyl sites for hydroxylation is 1. The first-order valence-corrected chi connectivity index (χ1v) is 12.6. The highest BCUT2D eigenvalue weighted by molar-refractivity contribution is 7.92. The Morgan fingerprint density at radius 3 is 2.56 bits per heavy atom. The maximum atomic E-state index is 13.3. The third-order valence-electron chi connectivity index (χ3n) is 5.05. The van der Waals surface area contributed by atoms with Gasteiger partial charge in [-0.3, -0.25) is 9.10 Å². The molecule has 4 rings (SSSR count). The number of hydrogen-bond acceptors (Lipinski definition) is 5. The molecule has 0 radical (unpaired) electrons. The molecule has 0 spiro atoms. The van der Waals surface area contributed by atoms with Crippen LogP contribution in [0.1, 0.15) is 34.3 Å². The maximum Gasteiger partial charge on any atom is 0.264 e. The lowest BCUT2D eigenvalue weighted by molar-refractivity contribution is 0.0952. The van der Waals surface area contributed by atoms with Gasteiger partial charge in [0.2, 0.25) is 0 Å². The summed E-state index contributed by atoms with van der Waals surface area (Å²) in [7, 11) is -3.70. The third-order valence-corrected chi connectivity index (χ3v) is 8.01. The van der Waals surface area contributed by atoms with Crippen molar-refractivity contribution in [1.29, 1.82) is 0 Å². The number of benzene rings is 2. The van der Waals surface area contributed by atoms with Crippen LogP contribution in [0.25, 0.3) is 10.1 Å². The fraction of sp³-hybridized carbons (Fsp3) is 0.208. The number of thiophene rings is 1. The maximum absolute atomic E-state index is 13.3. The molecule has 0 saturated heterocycles. The smallest absolute Gasteiger partial charge is 0.264 e. The molecule has 0 aliphatic rings. The number of sulfonamides is 1. The Morgan fingerprint density at radius 1 is 1.09 bits per heavy atom. The van der Waals surface area contributed by atoms with Crippen molar-refractivity contribution in [2.75, 3.05) is 10.8 Å². The molecule has 6 nitrogen and oxygen atoms in total. The highest BCUT2D eigenvalue weighted by Crippen LogP contribution is 2.32. The largest absolute Gasteiger partial charge is 0.467 e. The molecule has 32 heavy (non-hydrogen) atoms. The molecule has 0 atom stereocenters. The minimum atomic E-state index is -3.70. The molecule has 0 fully saturated rings. The molecule has 0 saturated carbocycles. The van der Waals surface area contributed by atoms with Crippen molar-refractivity contribution < 1.29 is 17.6 Å². The van der Waals surface area contributed by atoms with Crippen molar-refractivity contribution in [3.05, 3.63) is 83.1 Å². The number of hydrogen-bond donors (Lipinski definition) is 1. The molecule has 0 bridgehead atoms. The van der Waals surface area contributed by atoms with Gasteiger partial charge in [0.15, 0.2) is 0 Å². The Hall–Kier alpha value is -3.10. The van der Waals surface area contributed by atoms with Gasteiger partial charge < -0.3 is 9.73 Å². The lowest BCUT2D eigenvalue weighted by Crippen LogP contribution is -2.31. The van der Waals surface area contributed by atoms with Crippen LogP contribution in [0.5, 0.6) is 0 Å². The average molecular weight is 469 g/mol. The summed E-state index contributed by atoms with van der Waals surface area (Å²) in [6.45, 7) is 4.54. The number of fused-ring (bicyclic) bond motifs is 1. The summed E-state index contributed by atoms with van der Waals surface area (Å²) in [6.07, 6.45) is 2.24. The van der Waals surface area contributed by atoms with Crippen LogP contribution in [-0.4, -0.2) is 20.9 Å². The fourth-order valence-corrected chi connectivity index (χ4v) is 5.90. The molecule has 2 aromatic heterocycles. The van der Waals surface area contributed by atoms with Gasteiger partial charge in [-0.25, -0.2) is 8.42 Å². The van der Waals surface area contributed by atoms with E-state index in [-0.39, 0.29) is 10.8 Å². The molecule has 2 heterocycles. The lowest BCUT2D eigenvalue weighted by atomic mass is 10.2. The van der Waals surface area contributed by atoms with E-state index < -0.39 is 10.0 Å². The van der Waals surface area contributed by atoms with E-state index >= 15 is 0 Å². The second-order valence-electron chi connectivity index (χ2n) is 7.49. The van der Waals surface area contributed by atoms with Gasteiger partial charge in [0, 0.05) is 11.2 Å². The van der Waals surface area contributed by atoms with E-state index in [1.54, 1.807) is 54.8 Å². The number of carbonyl (C=O) groups excluding carboxylic acids is 1. The predicted molar refractivity (Wildman–Crippen MR) is 128 cm³/mol. The highest BCUT2D eigenvalue weighted by Gasteiger charge is 2.24. The summed E-state index contributed by atoms with van der Waals surface area (Å²) in [6, 6.07) is 17.7. The molecule has 1 N–H and O–H groups in total. The molecule has 1 amide bonds. The molecule has 166 valence electrons. The molecule has 4 aromatic rings. The van der Waals surface area contributed by atoms with Gasteiger partial charge in [0.05, 0.1) is 28.3 Å². The van der Waals surface area contributed by atoms with Crippen molar-refractivity contribution in [3.8, 4) is 0 Å². The minimum Gasteiger partial charge on any atom is -0.467 e. The van der Waals surface area contributed by atoms with Crippen LogP contribution in [0.3, 0.4) is 0 Å². The quantitative estimate of drug-likeness (QED) is 0.379. The van der Waals surface area contributed by atoms with Gasteiger partial charge in [-0.15, -0.1) is 11.3 Å². The summed E-state index contributed by atoms with van der Waals surface area (Å²) in [5.74, 6) is 0.486. The monoisotopic (exact) mass is 468 g/mol. The van der Waals surface area contributed by atoms with Gasteiger partial charge >= 0.3 is 0 Å². The van der Waals surface area contributed by atoms with Crippen LogP contribution in [0.4, 0.5) is 5.69 Å². The van der Waals surface area contributed by atoms with Crippen LogP contribution in [0.2, 0.25) is 0 Å². The van der Waals surface area contributed by atoms with Gasteiger partial charge in [-0.2, -0.15) is 0 Å². The van der Waals surface area contributed by atoms with E-state index in [9.17, 15) is 13.2 Å². The normalized spacial score (nSPS) is 11.6. The summed E-state index contributed by atoms with van der Waals surface area (Å²) in [4.78, 5) is 13.4. The number of furan rings is 1. The first kappa shape index (κ1) is 22.1. The second-order valence-corrected chi connectivity index (χ2v) is 10.4. The van der Waals surface area contributed by atoms with Crippen LogP contribution in [-0.2, 0) is 16.6 Å². The van der Waals surface area contributed by atoms with Crippen molar-refractivity contribution in [2.45, 2.75) is 31.7 Å². The van der Waals surface area contributed by atoms with E-state index in [1.807, 2.05) is 26.0 Å². The van der Waals surface area contributed by atoms with Crippen LogP contribution in [0, 0.1) is 6.92 Å². The third kappa shape index (κ3) is 4.56. The fourth-order valence-electron chi connectivity index (χ4n) is 3.39. The van der Waals surface area contributed by atoms with Crippen LogP contribution in [0.15, 0.2) is 76.2 Å². The number of rotatable bonds is 8. The molecule has 2 aromatic carbocycles. The molecule has 0 unspecified atom stereocenters. The molecular formula is C24H24N2O4S2. The van der Waals surface area contributed by atoms with Gasteiger partial charge in [0.1, 0.15) is 5.76 Å². The number of nitrogens with zero attached hydrogens (tertiary/aromatic N) is 1. The van der Waals surface area contributed by atoms with Crippen molar-refractivity contribution in [3.63, 3.8) is 0 Å². The van der Waals surface area contributed by atoms with Crippen molar-refractivity contribution >= 4 is 43.0 Å². The van der Waals surface area contributed by atoms with Gasteiger partial charge in [0.25, 0.3) is 15.9 Å². The molecular weight excluding hydrogens is 444 g/mol. The van der Waals surface area contributed by atoms with Gasteiger partial charge in [-0.1, -0.05) is 24.6 Å². The zero-order chi connectivity index (χ0) is 22.7. The Labute approximate surface area is 191 Å². The Kier molecular flexibility index (Phi) is 6.34. The molecule has 0 aliphatic carbocycles. The molecule has 0 aliphatic heterocycles. The van der Waals surface area contributed by atoms with Crippen LogP contribution < -0.4 is 9.62 Å². The zero-order valence-electron chi connectivity index (χ0n) is 17.9. The predicted octanol–water partition coefficient (Wildman–Crippen LogP) is 5.34. The van der Waals surface area contributed by atoms with Crippen molar-refractivity contribution in [2.24, 2.45) is 0 Å². The summed E-state index contributed by atoms with van der Waals surface area (Å²) in [5.41, 5.74) is 1.59. The highest BCUT2D eigenvalue weighted by atomic mass is 32.2. The second kappa shape index (κ2) is 9.18. The standard InChI is InChI=1S/C24H24N2O4S2/c1-3-12-26(32(28,29)21-9-6-17(2)7-10-21)19-8-11-22-18(14-19)15-23(31-22)24(27)25-16-20-5-4-13-30-20/h4-11,13-15H,3,12,16H2,1-2H3,(H,25,27).